The average Bonchev–Trinajstić information content (AvgIpc) is 2.31. The third kappa shape index (κ3) is 3.38. The van der Waals surface area contributed by atoms with Gasteiger partial charge in [0.15, 0.2) is 17.4 Å². The molecule has 2 atom stereocenters. The zero-order chi connectivity index (χ0) is 13.9. The van der Waals surface area contributed by atoms with Gasteiger partial charge in [0.25, 0.3) is 0 Å². The molecule has 1 rings (SSSR count). The van der Waals surface area contributed by atoms with Crippen LogP contribution in [0.4, 0.5) is 8.78 Å². The lowest BCUT2D eigenvalue weighted by Gasteiger charge is -2.18. The van der Waals surface area contributed by atoms with Crippen LogP contribution in [0.5, 0.6) is 5.75 Å². The van der Waals surface area contributed by atoms with Gasteiger partial charge in [-0.2, -0.15) is 0 Å². The lowest BCUT2D eigenvalue weighted by Crippen LogP contribution is -2.34. The summed E-state index contributed by atoms with van der Waals surface area (Å²) in [7, 11) is 0. The summed E-state index contributed by atoms with van der Waals surface area (Å²) in [5.74, 6) is -4.04. The molecule has 0 aliphatic rings. The Bertz CT molecular complexity index is 430. The van der Waals surface area contributed by atoms with Crippen LogP contribution in [0.3, 0.4) is 0 Å². The molecule has 4 N–H and O–H groups in total. The van der Waals surface area contributed by atoms with Crippen LogP contribution < -0.4 is 5.32 Å². The van der Waals surface area contributed by atoms with Crippen molar-refractivity contribution in [2.24, 2.45) is 0 Å². The van der Waals surface area contributed by atoms with Crippen LogP contribution in [-0.4, -0.2) is 33.9 Å². The second kappa shape index (κ2) is 5.74. The van der Waals surface area contributed by atoms with Crippen molar-refractivity contribution < 1.29 is 28.9 Å². The molecule has 0 heterocycles. The summed E-state index contributed by atoms with van der Waals surface area (Å²) in [6.45, 7) is 0.958. The number of aliphatic hydroxyl groups is 2. The first-order valence-corrected chi connectivity index (χ1v) is 5.11. The van der Waals surface area contributed by atoms with E-state index in [1.807, 2.05) is 0 Å². The second-order valence-electron chi connectivity index (χ2n) is 3.78. The van der Waals surface area contributed by atoms with Crippen LogP contribution in [0.1, 0.15) is 18.6 Å². The molecular weight excluding hydrogens is 248 g/mol. The number of aliphatic hydroxyl groups excluding tert-OH is 2. The van der Waals surface area contributed by atoms with Gasteiger partial charge in [0.05, 0.1) is 0 Å². The number of rotatable bonds is 4. The van der Waals surface area contributed by atoms with E-state index in [0.717, 1.165) is 0 Å². The number of aromatic hydroxyl groups is 1. The quantitative estimate of drug-likeness (QED) is 0.623. The molecule has 100 valence electrons. The van der Waals surface area contributed by atoms with E-state index in [1.165, 1.54) is 6.92 Å². The highest BCUT2D eigenvalue weighted by Gasteiger charge is 2.21. The Kier molecular flexibility index (Phi) is 4.57. The molecule has 0 aliphatic carbocycles. The Labute approximate surface area is 102 Å². The number of hydrogen-bond acceptors (Lipinski definition) is 4. The molecule has 0 bridgehead atoms. The molecule has 18 heavy (non-hydrogen) atoms. The summed E-state index contributed by atoms with van der Waals surface area (Å²) in [5, 5.41) is 30.3. The fourth-order valence-electron chi connectivity index (χ4n) is 1.34. The van der Waals surface area contributed by atoms with Gasteiger partial charge in [-0.1, -0.05) is 0 Å². The van der Waals surface area contributed by atoms with Gasteiger partial charge < -0.3 is 20.6 Å². The first-order valence-electron chi connectivity index (χ1n) is 5.11. The van der Waals surface area contributed by atoms with Gasteiger partial charge in [0.2, 0.25) is 5.91 Å². The monoisotopic (exact) mass is 261 g/mol. The number of phenolic OH excluding ortho intramolecular Hbond substituents is 1. The van der Waals surface area contributed by atoms with E-state index in [-0.39, 0.29) is 12.1 Å². The molecule has 1 aromatic rings. The number of carbonyl (C=O) groups is 1. The Morgan fingerprint density at radius 3 is 2.28 bits per heavy atom. The minimum absolute atomic E-state index is 0.236. The number of amides is 1. The van der Waals surface area contributed by atoms with Gasteiger partial charge in [-0.3, -0.25) is 4.79 Å². The molecule has 2 unspecified atom stereocenters. The Morgan fingerprint density at radius 1 is 1.33 bits per heavy atom. The van der Waals surface area contributed by atoms with E-state index in [2.05, 4.69) is 5.32 Å². The van der Waals surface area contributed by atoms with E-state index in [0.29, 0.717) is 12.1 Å². The zero-order valence-electron chi connectivity index (χ0n) is 9.52. The maximum Gasteiger partial charge on any atom is 0.216 e. The maximum absolute atomic E-state index is 13.0. The highest BCUT2D eigenvalue weighted by molar-refractivity contribution is 5.72. The summed E-state index contributed by atoms with van der Waals surface area (Å²) < 4.78 is 26.1. The smallest absolute Gasteiger partial charge is 0.216 e. The maximum atomic E-state index is 13.0. The molecule has 1 aromatic carbocycles. The zero-order valence-corrected chi connectivity index (χ0v) is 9.52. The first kappa shape index (κ1) is 14.3. The van der Waals surface area contributed by atoms with Crippen molar-refractivity contribution in [2.45, 2.75) is 19.1 Å². The van der Waals surface area contributed by atoms with Crippen molar-refractivity contribution in [2.75, 3.05) is 6.54 Å². The number of hydrogen-bond donors (Lipinski definition) is 4. The van der Waals surface area contributed by atoms with Crippen molar-refractivity contribution in [3.63, 3.8) is 0 Å². The molecule has 0 aliphatic heterocycles. The Morgan fingerprint density at radius 2 is 1.83 bits per heavy atom. The number of benzene rings is 1. The predicted molar refractivity (Wildman–Crippen MR) is 57.7 cm³/mol. The van der Waals surface area contributed by atoms with E-state index in [1.54, 1.807) is 0 Å². The molecule has 0 radical (unpaired) electrons. The Hall–Kier alpha value is -1.73. The van der Waals surface area contributed by atoms with Crippen LogP contribution >= 0.6 is 0 Å². The molecule has 0 fully saturated rings. The summed E-state index contributed by atoms with van der Waals surface area (Å²) in [5.41, 5.74) is -0.236. The van der Waals surface area contributed by atoms with Crippen LogP contribution in [0.25, 0.3) is 0 Å². The fourth-order valence-corrected chi connectivity index (χ4v) is 1.34. The summed E-state index contributed by atoms with van der Waals surface area (Å²) >= 11 is 0. The van der Waals surface area contributed by atoms with Crippen LogP contribution in [0.2, 0.25) is 0 Å². The minimum Gasteiger partial charge on any atom is -0.503 e. The number of phenols is 1. The standard InChI is InChI=1S/C11H13F2NO4/c1-5(15)14-4-9(16)10(17)6-2-7(12)11(18)8(13)3-6/h2-3,9-10,16-18H,4H2,1H3,(H,14,15). The largest absolute Gasteiger partial charge is 0.503 e. The van der Waals surface area contributed by atoms with Gasteiger partial charge in [-0.15, -0.1) is 0 Å². The van der Waals surface area contributed by atoms with Gasteiger partial charge in [0.1, 0.15) is 12.2 Å². The third-order valence-electron chi connectivity index (χ3n) is 2.31. The fraction of sp³-hybridized carbons (Fsp3) is 0.364. The number of halogens is 2. The molecule has 5 nitrogen and oxygen atoms in total. The summed E-state index contributed by atoms with van der Waals surface area (Å²) in [4.78, 5) is 10.6. The first-order chi connectivity index (χ1) is 8.32. The lowest BCUT2D eigenvalue weighted by molar-refractivity contribution is -0.119. The van der Waals surface area contributed by atoms with Gasteiger partial charge >= 0.3 is 0 Å². The van der Waals surface area contributed by atoms with Gasteiger partial charge in [0, 0.05) is 13.5 Å². The number of carbonyl (C=O) groups excluding carboxylic acids is 1. The predicted octanol–water partition coefficient (Wildman–Crippen LogP) is 0.201. The Balaban J connectivity index is 2.83. The molecule has 0 saturated heterocycles. The van der Waals surface area contributed by atoms with Crippen LogP contribution in [-0.2, 0) is 4.79 Å². The second-order valence-corrected chi connectivity index (χ2v) is 3.78. The van der Waals surface area contributed by atoms with E-state index in [9.17, 15) is 23.8 Å². The van der Waals surface area contributed by atoms with E-state index in [4.69, 9.17) is 5.11 Å². The molecular formula is C11H13F2NO4. The summed E-state index contributed by atoms with van der Waals surface area (Å²) in [6.07, 6.45) is -3.00. The average molecular weight is 261 g/mol. The molecule has 0 spiro atoms. The number of nitrogens with one attached hydrogen (secondary N) is 1. The normalized spacial score (nSPS) is 14.1. The van der Waals surface area contributed by atoms with E-state index < -0.39 is 35.5 Å². The van der Waals surface area contributed by atoms with Gasteiger partial charge in [-0.25, -0.2) is 8.78 Å². The third-order valence-corrected chi connectivity index (χ3v) is 2.31. The van der Waals surface area contributed by atoms with Crippen molar-refractivity contribution in [1.29, 1.82) is 0 Å². The van der Waals surface area contributed by atoms with Crippen molar-refractivity contribution >= 4 is 5.91 Å². The topological polar surface area (TPSA) is 89.8 Å². The summed E-state index contributed by atoms with van der Waals surface area (Å²) in [6, 6.07) is 1.42. The molecule has 7 heteroatoms. The molecule has 1 amide bonds. The molecule has 0 aromatic heterocycles. The lowest BCUT2D eigenvalue weighted by atomic mass is 10.0. The van der Waals surface area contributed by atoms with E-state index >= 15 is 0 Å². The highest BCUT2D eigenvalue weighted by atomic mass is 19.1. The van der Waals surface area contributed by atoms with Crippen LogP contribution in [0, 0.1) is 11.6 Å². The highest BCUT2D eigenvalue weighted by Crippen LogP contribution is 2.26. The van der Waals surface area contributed by atoms with Crippen LogP contribution in [0.15, 0.2) is 12.1 Å². The van der Waals surface area contributed by atoms with Crippen molar-refractivity contribution in [1.82, 2.24) is 5.32 Å². The molecule has 0 saturated carbocycles. The van der Waals surface area contributed by atoms with Crippen molar-refractivity contribution in [3.8, 4) is 5.75 Å². The van der Waals surface area contributed by atoms with Gasteiger partial charge in [-0.05, 0) is 17.7 Å². The van der Waals surface area contributed by atoms with Crippen molar-refractivity contribution in [3.05, 3.63) is 29.3 Å². The SMILES string of the molecule is CC(=O)NCC(O)C(O)c1cc(F)c(O)c(F)c1. The minimum atomic E-state index is -1.58.